The predicted octanol–water partition coefficient (Wildman–Crippen LogP) is 4.52. The Bertz CT molecular complexity index is 735. The van der Waals surface area contributed by atoms with Crippen LogP contribution in [-0.4, -0.2) is 17.9 Å². The van der Waals surface area contributed by atoms with Crippen molar-refractivity contribution in [2.24, 2.45) is 0 Å². The Morgan fingerprint density at radius 1 is 1.08 bits per heavy atom. The van der Waals surface area contributed by atoms with Gasteiger partial charge in [-0.25, -0.2) is 4.39 Å². The molecule has 2 aromatic carbocycles. The fraction of sp³-hybridized carbons (Fsp3) is 0.167. The fourth-order valence-electron chi connectivity index (χ4n) is 2.14. The van der Waals surface area contributed by atoms with Gasteiger partial charge in [-0.3, -0.25) is 4.79 Å². The smallest absolute Gasteiger partial charge is 0.338 e. The van der Waals surface area contributed by atoms with Crippen LogP contribution in [0.25, 0.3) is 6.08 Å². The van der Waals surface area contributed by atoms with Crippen molar-refractivity contribution < 1.29 is 22.4 Å². The molecule has 0 N–H and O–H groups in total. The second-order valence-corrected chi connectivity index (χ2v) is 5.23. The van der Waals surface area contributed by atoms with Gasteiger partial charge in [0.1, 0.15) is 5.82 Å². The first kappa shape index (κ1) is 17.7. The van der Waals surface area contributed by atoms with E-state index in [-0.39, 0.29) is 17.9 Å². The van der Waals surface area contributed by atoms with E-state index in [4.69, 9.17) is 0 Å². The summed E-state index contributed by atoms with van der Waals surface area (Å²) in [5.41, 5.74) is -0.114. The van der Waals surface area contributed by atoms with E-state index in [1.807, 2.05) is 0 Å². The topological polar surface area (TPSA) is 20.3 Å². The third-order valence-electron chi connectivity index (χ3n) is 3.39. The molecule has 1 amide bonds. The van der Waals surface area contributed by atoms with Gasteiger partial charge in [-0.05, 0) is 35.4 Å². The maximum Gasteiger partial charge on any atom is 0.416 e. The summed E-state index contributed by atoms with van der Waals surface area (Å²) in [4.78, 5) is 13.2. The summed E-state index contributed by atoms with van der Waals surface area (Å²) >= 11 is 0. The largest absolute Gasteiger partial charge is 0.416 e. The molecule has 0 aromatic heterocycles. The molecule has 2 nitrogen and oxygen atoms in total. The third-order valence-corrected chi connectivity index (χ3v) is 3.39. The van der Waals surface area contributed by atoms with Gasteiger partial charge in [0, 0.05) is 19.7 Å². The summed E-state index contributed by atoms with van der Waals surface area (Å²) < 4.78 is 51.7. The van der Waals surface area contributed by atoms with Crippen molar-refractivity contribution in [2.75, 3.05) is 7.05 Å². The molecule has 0 radical (unpaired) electrons. The van der Waals surface area contributed by atoms with Crippen LogP contribution in [0.1, 0.15) is 16.7 Å². The van der Waals surface area contributed by atoms with Gasteiger partial charge in [0.15, 0.2) is 0 Å². The number of carbonyl (C=O) groups excluding carboxylic acids is 1. The summed E-state index contributed by atoms with van der Waals surface area (Å²) in [6, 6.07) is 10.6. The van der Waals surface area contributed by atoms with E-state index in [1.165, 1.54) is 66.6 Å². The summed E-state index contributed by atoms with van der Waals surface area (Å²) in [5.74, 6) is -0.837. The number of carbonyl (C=O) groups is 1. The fourth-order valence-corrected chi connectivity index (χ4v) is 2.14. The molecule has 0 saturated heterocycles. The molecule has 24 heavy (non-hydrogen) atoms. The molecule has 0 fully saturated rings. The molecule has 0 bridgehead atoms. The van der Waals surface area contributed by atoms with Crippen LogP contribution >= 0.6 is 0 Å². The van der Waals surface area contributed by atoms with Crippen LogP contribution in [0.15, 0.2) is 54.6 Å². The Hall–Kier alpha value is -2.63. The monoisotopic (exact) mass is 337 g/mol. The molecule has 0 aliphatic rings. The summed E-state index contributed by atoms with van der Waals surface area (Å²) in [5, 5.41) is 0. The van der Waals surface area contributed by atoms with Crippen LogP contribution in [-0.2, 0) is 17.5 Å². The van der Waals surface area contributed by atoms with Gasteiger partial charge in [-0.15, -0.1) is 0 Å². The lowest BCUT2D eigenvalue weighted by molar-refractivity contribution is -0.139. The average Bonchev–Trinajstić information content (AvgIpc) is 2.53. The van der Waals surface area contributed by atoms with Gasteiger partial charge in [0.25, 0.3) is 0 Å². The number of halogens is 4. The van der Waals surface area contributed by atoms with E-state index < -0.39 is 17.6 Å². The van der Waals surface area contributed by atoms with Crippen LogP contribution in [0.4, 0.5) is 17.6 Å². The summed E-state index contributed by atoms with van der Waals surface area (Å²) in [7, 11) is 1.42. The summed E-state index contributed by atoms with van der Waals surface area (Å²) in [6.45, 7) is -0.164. The third kappa shape index (κ3) is 4.68. The minimum atomic E-state index is -4.47. The zero-order valence-electron chi connectivity index (χ0n) is 12.8. The number of rotatable bonds is 4. The van der Waals surface area contributed by atoms with E-state index in [1.54, 1.807) is 0 Å². The summed E-state index contributed by atoms with van der Waals surface area (Å²) in [6.07, 6.45) is -1.75. The zero-order chi connectivity index (χ0) is 17.7. The second-order valence-electron chi connectivity index (χ2n) is 5.23. The van der Waals surface area contributed by atoms with Gasteiger partial charge >= 0.3 is 6.18 Å². The predicted molar refractivity (Wildman–Crippen MR) is 83.4 cm³/mol. The number of likely N-dealkylation sites (N-methyl/N-ethyl adjacent to an activating group) is 1. The highest BCUT2D eigenvalue weighted by molar-refractivity contribution is 5.91. The van der Waals surface area contributed by atoms with Crippen molar-refractivity contribution in [2.45, 2.75) is 12.7 Å². The van der Waals surface area contributed by atoms with Crippen molar-refractivity contribution >= 4 is 12.0 Å². The SMILES string of the molecule is CN(Cc1ccccc1C(F)(F)F)C(=O)/C=C/c1ccc(F)cc1. The van der Waals surface area contributed by atoms with Crippen molar-refractivity contribution in [3.8, 4) is 0 Å². The number of benzene rings is 2. The number of alkyl halides is 3. The van der Waals surface area contributed by atoms with Gasteiger partial charge in [-0.2, -0.15) is 13.2 Å². The van der Waals surface area contributed by atoms with Crippen molar-refractivity contribution in [1.29, 1.82) is 0 Å². The molecule has 0 atom stereocenters. The standard InChI is InChI=1S/C18H15F4NO/c1-23(12-14-4-2-3-5-16(14)18(20,21)22)17(24)11-8-13-6-9-15(19)10-7-13/h2-11H,12H2,1H3/b11-8+. The molecular weight excluding hydrogens is 322 g/mol. The van der Waals surface area contributed by atoms with Crippen LogP contribution < -0.4 is 0 Å². The number of amides is 1. The van der Waals surface area contributed by atoms with E-state index in [0.29, 0.717) is 5.56 Å². The first-order valence-corrected chi connectivity index (χ1v) is 7.11. The molecular formula is C18H15F4NO. The lowest BCUT2D eigenvalue weighted by atomic mass is 10.1. The molecule has 6 heteroatoms. The van der Waals surface area contributed by atoms with Crippen LogP contribution in [0.5, 0.6) is 0 Å². The molecule has 0 unspecified atom stereocenters. The van der Waals surface area contributed by atoms with Crippen molar-refractivity contribution in [3.05, 3.63) is 77.1 Å². The molecule has 0 saturated carbocycles. The normalized spacial score (nSPS) is 11.7. The molecule has 126 valence electrons. The van der Waals surface area contributed by atoms with E-state index in [2.05, 4.69) is 0 Å². The Morgan fingerprint density at radius 2 is 1.71 bits per heavy atom. The maximum atomic E-state index is 13.0. The molecule has 2 rings (SSSR count). The first-order valence-electron chi connectivity index (χ1n) is 7.11. The zero-order valence-corrected chi connectivity index (χ0v) is 12.8. The molecule has 2 aromatic rings. The molecule has 0 aliphatic carbocycles. The first-order chi connectivity index (χ1) is 11.3. The number of hydrogen-bond acceptors (Lipinski definition) is 1. The molecule has 0 aliphatic heterocycles. The Labute approximate surface area is 137 Å². The Balaban J connectivity index is 2.08. The highest BCUT2D eigenvalue weighted by Crippen LogP contribution is 2.32. The minimum Gasteiger partial charge on any atom is -0.338 e. The number of nitrogens with zero attached hydrogens (tertiary/aromatic N) is 1. The van der Waals surface area contributed by atoms with Crippen LogP contribution in [0, 0.1) is 5.82 Å². The van der Waals surface area contributed by atoms with Crippen molar-refractivity contribution in [3.63, 3.8) is 0 Å². The highest BCUT2D eigenvalue weighted by atomic mass is 19.4. The van der Waals surface area contributed by atoms with Crippen LogP contribution in [0.2, 0.25) is 0 Å². The second kappa shape index (κ2) is 7.29. The maximum absolute atomic E-state index is 13.0. The van der Waals surface area contributed by atoms with Crippen molar-refractivity contribution in [1.82, 2.24) is 4.90 Å². The Kier molecular flexibility index (Phi) is 5.39. The minimum absolute atomic E-state index is 0.0241. The number of hydrogen-bond donors (Lipinski definition) is 0. The van der Waals surface area contributed by atoms with Crippen LogP contribution in [0.3, 0.4) is 0 Å². The Morgan fingerprint density at radius 3 is 2.33 bits per heavy atom. The molecule has 0 spiro atoms. The van der Waals surface area contributed by atoms with Gasteiger partial charge < -0.3 is 4.90 Å². The molecule has 0 heterocycles. The van der Waals surface area contributed by atoms with E-state index in [0.717, 1.165) is 6.07 Å². The lowest BCUT2D eigenvalue weighted by Gasteiger charge is -2.19. The van der Waals surface area contributed by atoms with Gasteiger partial charge in [0.05, 0.1) is 5.56 Å². The average molecular weight is 337 g/mol. The van der Waals surface area contributed by atoms with Gasteiger partial charge in [-0.1, -0.05) is 30.3 Å². The van der Waals surface area contributed by atoms with Gasteiger partial charge in [0.2, 0.25) is 5.91 Å². The highest BCUT2D eigenvalue weighted by Gasteiger charge is 2.33. The van der Waals surface area contributed by atoms with E-state index in [9.17, 15) is 22.4 Å². The van der Waals surface area contributed by atoms with E-state index >= 15 is 0 Å². The quantitative estimate of drug-likeness (QED) is 0.593. The lowest BCUT2D eigenvalue weighted by Crippen LogP contribution is -2.25.